The summed E-state index contributed by atoms with van der Waals surface area (Å²) in [7, 11) is 1.85. The molecule has 2 heterocycles. The number of benzene rings is 2. The fraction of sp³-hybridized carbons (Fsp3) is 0.259. The Morgan fingerprint density at radius 2 is 1.98 bits per heavy atom. The summed E-state index contributed by atoms with van der Waals surface area (Å²) in [5.41, 5.74) is 0.484. The van der Waals surface area contributed by atoms with Crippen LogP contribution in [0.25, 0.3) is 0 Å². The molecule has 214 valence electrons. The lowest BCUT2D eigenvalue weighted by molar-refractivity contribution is -0.127. The highest BCUT2D eigenvalue weighted by molar-refractivity contribution is 6.31. The highest BCUT2D eigenvalue weighted by Gasteiger charge is 2.35. The van der Waals surface area contributed by atoms with Gasteiger partial charge in [0.1, 0.15) is 23.9 Å². The smallest absolute Gasteiger partial charge is 0.297 e. The second-order valence-corrected chi connectivity index (χ2v) is 8.66. The summed E-state index contributed by atoms with van der Waals surface area (Å²) in [4.78, 5) is 36.5. The monoisotopic (exact) mass is 594 g/mol. The van der Waals surface area contributed by atoms with Gasteiger partial charge in [-0.25, -0.2) is 4.39 Å². The minimum absolute atomic E-state index is 0.0356. The quantitative estimate of drug-likeness (QED) is 0.213. The highest BCUT2D eigenvalue weighted by Crippen LogP contribution is 2.36. The van der Waals surface area contributed by atoms with E-state index in [9.17, 15) is 18.8 Å². The number of fused-ring (bicyclic) bond motifs is 1. The number of halogens is 3. The molecule has 1 unspecified atom stereocenters. The molecule has 3 aromatic rings. The third kappa shape index (κ3) is 9.37. The molecular formula is C27H29Cl2FN4O6. The largest absolute Gasteiger partial charge is 0.486 e. The van der Waals surface area contributed by atoms with Crippen LogP contribution in [0.2, 0.25) is 10.0 Å². The van der Waals surface area contributed by atoms with E-state index in [0.717, 1.165) is 19.0 Å². The number of hydrogen-bond acceptors (Lipinski definition) is 8. The Bertz CT molecular complexity index is 1260. The van der Waals surface area contributed by atoms with Gasteiger partial charge in [-0.05, 0) is 50.3 Å². The Morgan fingerprint density at radius 1 is 1.20 bits per heavy atom. The number of amides is 2. The average molecular weight is 595 g/mol. The molecule has 4 rings (SSSR count). The van der Waals surface area contributed by atoms with E-state index in [0.29, 0.717) is 35.0 Å². The van der Waals surface area contributed by atoms with Crippen molar-refractivity contribution in [2.24, 2.45) is 0 Å². The normalized spacial score (nSPS) is 13.3. The van der Waals surface area contributed by atoms with Crippen LogP contribution in [0.1, 0.15) is 17.0 Å². The molecule has 0 bridgehead atoms. The van der Waals surface area contributed by atoms with E-state index >= 15 is 0 Å². The van der Waals surface area contributed by atoms with Gasteiger partial charge in [0, 0.05) is 23.7 Å². The first kappa shape index (κ1) is 32.3. The Labute approximate surface area is 241 Å². The summed E-state index contributed by atoms with van der Waals surface area (Å²) in [6.45, 7) is 7.28. The van der Waals surface area contributed by atoms with Crippen molar-refractivity contribution in [3.05, 3.63) is 83.4 Å². The summed E-state index contributed by atoms with van der Waals surface area (Å²) in [5, 5.41) is 9.88. The molecule has 10 nitrogen and oxygen atoms in total. The zero-order chi connectivity index (χ0) is 29.5. The van der Waals surface area contributed by atoms with Gasteiger partial charge in [-0.15, -0.1) is 13.2 Å². The van der Waals surface area contributed by atoms with Crippen LogP contribution in [-0.2, 0) is 9.59 Å². The molecule has 2 N–H and O–H groups in total. The molecule has 0 fully saturated rings. The van der Waals surface area contributed by atoms with Crippen molar-refractivity contribution in [3.63, 3.8) is 0 Å². The van der Waals surface area contributed by atoms with Crippen LogP contribution < -0.4 is 25.0 Å². The first-order chi connectivity index (χ1) is 19.3. The number of carbonyl (C=O) groups is 3. The van der Waals surface area contributed by atoms with Crippen LogP contribution in [0, 0.1) is 5.82 Å². The molecule has 40 heavy (non-hydrogen) atoms. The SMILES string of the molecule is C=C.CNCCCNC(=O)C1CN(C(=O)c2ccno2)c2cc(Cl)ccc2O1.O=CCOc1ccc(Cl)c(F)c1. The van der Waals surface area contributed by atoms with E-state index < -0.39 is 17.8 Å². The van der Waals surface area contributed by atoms with Crippen LogP contribution in [0.5, 0.6) is 11.5 Å². The number of nitrogens with zero attached hydrogens (tertiary/aromatic N) is 2. The molecule has 0 saturated carbocycles. The van der Waals surface area contributed by atoms with Gasteiger partial charge in [0.25, 0.3) is 11.8 Å². The zero-order valence-corrected chi connectivity index (χ0v) is 23.2. The molecule has 0 aliphatic carbocycles. The maximum Gasteiger partial charge on any atom is 0.297 e. The van der Waals surface area contributed by atoms with Gasteiger partial charge in [-0.1, -0.05) is 28.4 Å². The molecule has 1 aromatic heterocycles. The van der Waals surface area contributed by atoms with E-state index in [2.05, 4.69) is 28.9 Å². The van der Waals surface area contributed by atoms with Crippen LogP contribution in [0.3, 0.4) is 0 Å². The average Bonchev–Trinajstić information content (AvgIpc) is 3.51. The van der Waals surface area contributed by atoms with Crippen LogP contribution >= 0.6 is 23.2 Å². The van der Waals surface area contributed by atoms with E-state index in [4.69, 9.17) is 37.2 Å². The summed E-state index contributed by atoms with van der Waals surface area (Å²) in [6, 6.07) is 10.4. The fourth-order valence-electron chi connectivity index (χ4n) is 3.33. The van der Waals surface area contributed by atoms with E-state index in [1.807, 2.05) is 7.05 Å². The third-order valence-corrected chi connectivity index (χ3v) is 5.67. The van der Waals surface area contributed by atoms with Gasteiger partial charge < -0.3 is 24.6 Å². The van der Waals surface area contributed by atoms with Crippen molar-refractivity contribution < 1.29 is 32.8 Å². The number of rotatable bonds is 9. The fourth-order valence-corrected chi connectivity index (χ4v) is 3.62. The maximum atomic E-state index is 12.8. The predicted octanol–water partition coefficient (Wildman–Crippen LogP) is 4.32. The molecule has 1 atom stereocenters. The minimum Gasteiger partial charge on any atom is -0.486 e. The topological polar surface area (TPSA) is 123 Å². The number of hydrogen-bond donors (Lipinski definition) is 2. The first-order valence-corrected chi connectivity index (χ1v) is 12.7. The van der Waals surface area contributed by atoms with Crippen LogP contribution in [0.15, 0.2) is 66.3 Å². The Hall–Kier alpha value is -3.93. The van der Waals surface area contributed by atoms with Gasteiger partial charge in [-0.3, -0.25) is 19.3 Å². The molecule has 0 spiro atoms. The molecule has 0 saturated heterocycles. The van der Waals surface area contributed by atoms with Gasteiger partial charge in [0.05, 0.1) is 23.5 Å². The predicted molar refractivity (Wildman–Crippen MR) is 150 cm³/mol. The highest BCUT2D eigenvalue weighted by atomic mass is 35.5. The molecule has 1 aliphatic heterocycles. The van der Waals surface area contributed by atoms with Crippen molar-refractivity contribution >= 4 is 47.0 Å². The van der Waals surface area contributed by atoms with Gasteiger partial charge in [0.2, 0.25) is 5.76 Å². The second kappa shape index (κ2) is 16.9. The number of aldehydes is 1. The Balaban J connectivity index is 0.000000336. The van der Waals surface area contributed by atoms with Gasteiger partial charge in [-0.2, -0.15) is 0 Å². The first-order valence-electron chi connectivity index (χ1n) is 12.0. The molecule has 1 aliphatic rings. The van der Waals surface area contributed by atoms with Crippen molar-refractivity contribution in [1.82, 2.24) is 15.8 Å². The minimum atomic E-state index is -0.829. The summed E-state index contributed by atoms with van der Waals surface area (Å²) < 4.78 is 28.3. The molecule has 2 amide bonds. The number of aromatic nitrogens is 1. The van der Waals surface area contributed by atoms with E-state index in [1.165, 1.54) is 29.3 Å². The van der Waals surface area contributed by atoms with Crippen molar-refractivity contribution in [2.75, 3.05) is 38.2 Å². The second-order valence-electron chi connectivity index (χ2n) is 7.81. The Morgan fingerprint density at radius 3 is 2.62 bits per heavy atom. The zero-order valence-electron chi connectivity index (χ0n) is 21.7. The molecular weight excluding hydrogens is 566 g/mol. The van der Waals surface area contributed by atoms with Crippen LogP contribution in [-0.4, -0.2) is 62.6 Å². The van der Waals surface area contributed by atoms with Crippen molar-refractivity contribution in [1.29, 1.82) is 0 Å². The van der Waals surface area contributed by atoms with E-state index in [-0.39, 0.29) is 29.8 Å². The maximum absolute atomic E-state index is 12.8. The van der Waals surface area contributed by atoms with Crippen molar-refractivity contribution in [2.45, 2.75) is 12.5 Å². The summed E-state index contributed by atoms with van der Waals surface area (Å²) >= 11 is 11.5. The van der Waals surface area contributed by atoms with Gasteiger partial charge in [0.15, 0.2) is 12.4 Å². The summed E-state index contributed by atoms with van der Waals surface area (Å²) in [6.07, 6.45) is 1.94. The molecule has 2 aromatic carbocycles. The number of ether oxygens (including phenoxy) is 2. The lowest BCUT2D eigenvalue weighted by Gasteiger charge is -2.33. The van der Waals surface area contributed by atoms with Crippen molar-refractivity contribution in [3.8, 4) is 11.5 Å². The Kier molecular flexibility index (Phi) is 13.6. The standard InChI is InChI=1S/C17H19ClN4O4.C8H6ClFO2.C2H4/c1-19-6-2-7-20-16(23)15-10-22(17(24)14-5-8-21-26-14)12-9-11(18)3-4-13(12)25-15;9-7-2-1-6(5-8(7)10)12-4-3-11;1-2/h3-5,8-9,15,19H,2,6-7,10H2,1H3,(H,20,23);1-3,5H,4H2;1-2H2. The lowest BCUT2D eigenvalue weighted by atomic mass is 10.1. The third-order valence-electron chi connectivity index (χ3n) is 5.13. The molecule has 13 heteroatoms. The van der Waals surface area contributed by atoms with E-state index in [1.54, 1.807) is 18.2 Å². The van der Waals surface area contributed by atoms with Gasteiger partial charge >= 0.3 is 0 Å². The molecule has 0 radical (unpaired) electrons. The number of carbonyl (C=O) groups excluding carboxylic acids is 3. The summed E-state index contributed by atoms with van der Waals surface area (Å²) in [5.74, 6) is -0.474. The number of anilines is 1. The lowest BCUT2D eigenvalue weighted by Crippen LogP contribution is -2.51. The van der Waals surface area contributed by atoms with Crippen LogP contribution in [0.4, 0.5) is 10.1 Å². The number of nitrogens with one attached hydrogen (secondary N) is 2.